The summed E-state index contributed by atoms with van der Waals surface area (Å²) in [5.41, 5.74) is 0.108. The molecule has 1 aliphatic heterocycles. The summed E-state index contributed by atoms with van der Waals surface area (Å²) < 4.78 is 38.3. The van der Waals surface area contributed by atoms with E-state index in [2.05, 4.69) is 15.0 Å². The Hall–Kier alpha value is -2.18. The molecule has 1 saturated heterocycles. The van der Waals surface area contributed by atoms with Crippen LogP contribution in [0, 0.1) is 0 Å². The Kier molecular flexibility index (Phi) is 3.48. The molecule has 0 radical (unpaired) electrons. The van der Waals surface area contributed by atoms with Gasteiger partial charge in [-0.2, -0.15) is 13.2 Å². The summed E-state index contributed by atoms with van der Waals surface area (Å²) in [4.78, 5) is 13.5. The SMILES string of the molecule is FC(F)(F)c1ccnc(N2CCCC2c2ccncc2)n1. The van der Waals surface area contributed by atoms with E-state index < -0.39 is 11.9 Å². The Bertz CT molecular complexity index is 615. The Morgan fingerprint density at radius 3 is 2.57 bits per heavy atom. The minimum absolute atomic E-state index is 0.00326. The van der Waals surface area contributed by atoms with Crippen molar-refractivity contribution in [2.24, 2.45) is 0 Å². The van der Waals surface area contributed by atoms with Crippen molar-refractivity contribution in [3.63, 3.8) is 0 Å². The second kappa shape index (κ2) is 5.31. The van der Waals surface area contributed by atoms with E-state index in [-0.39, 0.29) is 12.0 Å². The van der Waals surface area contributed by atoms with Gasteiger partial charge < -0.3 is 4.90 Å². The summed E-state index contributed by atoms with van der Waals surface area (Å²) >= 11 is 0. The highest BCUT2D eigenvalue weighted by atomic mass is 19.4. The van der Waals surface area contributed by atoms with Crippen molar-refractivity contribution in [1.29, 1.82) is 0 Å². The van der Waals surface area contributed by atoms with Gasteiger partial charge >= 0.3 is 6.18 Å². The molecule has 2 aromatic heterocycles. The second-order valence-corrected chi connectivity index (χ2v) is 4.87. The molecule has 0 spiro atoms. The molecule has 3 rings (SSSR count). The van der Waals surface area contributed by atoms with Gasteiger partial charge in [0.05, 0.1) is 6.04 Å². The van der Waals surface area contributed by atoms with E-state index in [0.29, 0.717) is 6.54 Å². The topological polar surface area (TPSA) is 41.9 Å². The molecule has 7 heteroatoms. The minimum Gasteiger partial charge on any atom is -0.334 e. The molecule has 0 aromatic carbocycles. The molecule has 1 unspecified atom stereocenters. The van der Waals surface area contributed by atoms with Crippen molar-refractivity contribution in [2.75, 3.05) is 11.4 Å². The van der Waals surface area contributed by atoms with Crippen LogP contribution in [0.25, 0.3) is 0 Å². The molecular weight excluding hydrogens is 281 g/mol. The fourth-order valence-electron chi connectivity index (χ4n) is 2.58. The molecular formula is C14H13F3N4. The van der Waals surface area contributed by atoms with Gasteiger partial charge in [-0.1, -0.05) is 0 Å². The van der Waals surface area contributed by atoms with Gasteiger partial charge in [0.25, 0.3) is 0 Å². The first kappa shape index (κ1) is 13.8. The van der Waals surface area contributed by atoms with E-state index in [9.17, 15) is 13.2 Å². The van der Waals surface area contributed by atoms with Crippen LogP contribution in [0.4, 0.5) is 19.1 Å². The fraction of sp³-hybridized carbons (Fsp3) is 0.357. The van der Waals surface area contributed by atoms with Crippen LogP contribution in [0.2, 0.25) is 0 Å². The van der Waals surface area contributed by atoms with E-state index in [0.717, 1.165) is 30.7 Å². The lowest BCUT2D eigenvalue weighted by Gasteiger charge is -2.25. The lowest BCUT2D eigenvalue weighted by Crippen LogP contribution is -2.25. The molecule has 2 aromatic rings. The summed E-state index contributed by atoms with van der Waals surface area (Å²) in [6.45, 7) is 0.647. The van der Waals surface area contributed by atoms with Crippen molar-refractivity contribution in [3.05, 3.63) is 48.0 Å². The number of nitrogens with zero attached hydrogens (tertiary/aromatic N) is 4. The van der Waals surface area contributed by atoms with Crippen molar-refractivity contribution in [1.82, 2.24) is 15.0 Å². The smallest absolute Gasteiger partial charge is 0.334 e. The highest BCUT2D eigenvalue weighted by Crippen LogP contribution is 2.35. The number of alkyl halides is 3. The molecule has 110 valence electrons. The Labute approximate surface area is 119 Å². The molecule has 4 nitrogen and oxygen atoms in total. The van der Waals surface area contributed by atoms with Crippen LogP contribution < -0.4 is 4.90 Å². The third kappa shape index (κ3) is 2.81. The van der Waals surface area contributed by atoms with Gasteiger partial charge in [0.15, 0.2) is 0 Å². The molecule has 21 heavy (non-hydrogen) atoms. The molecule has 0 aliphatic carbocycles. The third-order valence-corrected chi connectivity index (χ3v) is 3.53. The fourth-order valence-corrected chi connectivity index (χ4v) is 2.58. The average molecular weight is 294 g/mol. The average Bonchev–Trinajstić information content (AvgIpc) is 2.97. The quantitative estimate of drug-likeness (QED) is 0.852. The summed E-state index contributed by atoms with van der Waals surface area (Å²) in [5, 5.41) is 0. The zero-order chi connectivity index (χ0) is 14.9. The molecule has 0 amide bonds. The normalized spacial score (nSPS) is 19.0. The summed E-state index contributed by atoms with van der Waals surface area (Å²) in [6.07, 6.45) is 1.82. The maximum Gasteiger partial charge on any atom is 0.433 e. The molecule has 1 fully saturated rings. The first-order valence-corrected chi connectivity index (χ1v) is 6.62. The molecule has 1 aliphatic rings. The number of aromatic nitrogens is 3. The van der Waals surface area contributed by atoms with Gasteiger partial charge in [-0.05, 0) is 36.6 Å². The van der Waals surface area contributed by atoms with Gasteiger partial charge in [0.2, 0.25) is 5.95 Å². The zero-order valence-electron chi connectivity index (χ0n) is 11.1. The number of rotatable bonds is 2. The zero-order valence-corrected chi connectivity index (χ0v) is 11.1. The lowest BCUT2D eigenvalue weighted by molar-refractivity contribution is -0.141. The molecule has 3 heterocycles. The Morgan fingerprint density at radius 2 is 1.86 bits per heavy atom. The van der Waals surface area contributed by atoms with Gasteiger partial charge in [-0.15, -0.1) is 0 Å². The number of anilines is 1. The van der Waals surface area contributed by atoms with Crippen LogP contribution in [-0.4, -0.2) is 21.5 Å². The van der Waals surface area contributed by atoms with E-state index in [1.165, 1.54) is 0 Å². The predicted molar refractivity (Wildman–Crippen MR) is 70.6 cm³/mol. The van der Waals surface area contributed by atoms with Crippen LogP contribution in [0.15, 0.2) is 36.8 Å². The maximum atomic E-state index is 12.8. The highest BCUT2D eigenvalue weighted by molar-refractivity contribution is 5.38. The third-order valence-electron chi connectivity index (χ3n) is 3.53. The van der Waals surface area contributed by atoms with E-state index in [1.54, 1.807) is 12.4 Å². The first-order valence-electron chi connectivity index (χ1n) is 6.62. The Morgan fingerprint density at radius 1 is 1.10 bits per heavy atom. The maximum absolute atomic E-state index is 12.8. The van der Waals surface area contributed by atoms with Crippen LogP contribution in [0.1, 0.15) is 30.1 Å². The van der Waals surface area contributed by atoms with Gasteiger partial charge in [-0.25, -0.2) is 9.97 Å². The van der Waals surface area contributed by atoms with E-state index in [1.807, 2.05) is 17.0 Å². The predicted octanol–water partition coefficient (Wildman–Crippen LogP) is 3.23. The monoisotopic (exact) mass is 294 g/mol. The van der Waals surface area contributed by atoms with Crippen LogP contribution in [0.3, 0.4) is 0 Å². The molecule has 1 atom stereocenters. The second-order valence-electron chi connectivity index (χ2n) is 4.87. The molecule has 0 N–H and O–H groups in total. The van der Waals surface area contributed by atoms with Crippen molar-refractivity contribution in [3.8, 4) is 0 Å². The number of hydrogen-bond donors (Lipinski definition) is 0. The lowest BCUT2D eigenvalue weighted by atomic mass is 10.1. The van der Waals surface area contributed by atoms with E-state index in [4.69, 9.17) is 0 Å². The van der Waals surface area contributed by atoms with Crippen LogP contribution >= 0.6 is 0 Å². The van der Waals surface area contributed by atoms with Crippen LogP contribution in [-0.2, 0) is 6.18 Å². The summed E-state index contributed by atoms with van der Waals surface area (Å²) in [5.74, 6) is 0.129. The summed E-state index contributed by atoms with van der Waals surface area (Å²) in [6, 6.07) is 4.63. The largest absolute Gasteiger partial charge is 0.433 e. The van der Waals surface area contributed by atoms with Gasteiger partial charge in [-0.3, -0.25) is 4.98 Å². The van der Waals surface area contributed by atoms with E-state index >= 15 is 0 Å². The van der Waals surface area contributed by atoms with Crippen LogP contribution in [0.5, 0.6) is 0 Å². The Balaban J connectivity index is 1.93. The first-order chi connectivity index (χ1) is 10.1. The molecule has 0 saturated carbocycles. The number of hydrogen-bond acceptors (Lipinski definition) is 4. The minimum atomic E-state index is -4.45. The van der Waals surface area contributed by atoms with Crippen molar-refractivity contribution in [2.45, 2.75) is 25.1 Å². The van der Waals surface area contributed by atoms with Gasteiger partial charge in [0, 0.05) is 25.1 Å². The van der Waals surface area contributed by atoms with Crippen molar-refractivity contribution >= 4 is 5.95 Å². The summed E-state index contributed by atoms with van der Waals surface area (Å²) in [7, 11) is 0. The number of halogens is 3. The molecule has 0 bridgehead atoms. The van der Waals surface area contributed by atoms with Gasteiger partial charge in [0.1, 0.15) is 5.69 Å². The standard InChI is InChI=1S/C14H13F3N4/c15-14(16,17)12-5-8-19-13(20-12)21-9-1-2-11(21)10-3-6-18-7-4-10/h3-8,11H,1-2,9H2. The van der Waals surface area contributed by atoms with Crippen molar-refractivity contribution < 1.29 is 13.2 Å². The number of pyridine rings is 1. The highest BCUT2D eigenvalue weighted by Gasteiger charge is 2.34.